The Labute approximate surface area is 124 Å². The lowest BCUT2D eigenvalue weighted by Gasteiger charge is -2.27. The molecule has 0 aromatic carbocycles. The maximum Gasteiger partial charge on any atom is 0.274 e. The third kappa shape index (κ3) is 3.37. The van der Waals surface area contributed by atoms with E-state index in [-0.39, 0.29) is 5.91 Å². The largest absolute Gasteiger partial charge is 0.357 e. The molecule has 5 nitrogen and oxygen atoms in total. The molecule has 0 spiro atoms. The van der Waals surface area contributed by atoms with Crippen molar-refractivity contribution >= 4 is 17.4 Å². The number of anilines is 2. The molecule has 0 saturated carbocycles. The van der Waals surface area contributed by atoms with Gasteiger partial charge in [-0.3, -0.25) is 9.78 Å². The zero-order chi connectivity index (χ0) is 14.5. The van der Waals surface area contributed by atoms with Crippen molar-refractivity contribution in [3.8, 4) is 0 Å². The van der Waals surface area contributed by atoms with E-state index in [9.17, 15) is 4.79 Å². The quantitative estimate of drug-likeness (QED) is 0.940. The Balaban J connectivity index is 1.65. The third-order valence-electron chi connectivity index (χ3n) is 3.58. The van der Waals surface area contributed by atoms with Crippen LogP contribution in [0.1, 0.15) is 29.8 Å². The molecule has 0 atom stereocenters. The molecular formula is C16H18N4O. The highest BCUT2D eigenvalue weighted by molar-refractivity contribution is 6.02. The van der Waals surface area contributed by atoms with E-state index in [0.29, 0.717) is 11.4 Å². The van der Waals surface area contributed by atoms with Gasteiger partial charge in [0.1, 0.15) is 11.5 Å². The Bertz CT molecular complexity index is 591. The van der Waals surface area contributed by atoms with Gasteiger partial charge in [0.05, 0.1) is 11.9 Å². The summed E-state index contributed by atoms with van der Waals surface area (Å²) in [6.07, 6.45) is 7.05. The first-order chi connectivity index (χ1) is 10.3. The Morgan fingerprint density at radius 3 is 2.57 bits per heavy atom. The maximum absolute atomic E-state index is 12.0. The lowest BCUT2D eigenvalue weighted by molar-refractivity contribution is 0.102. The van der Waals surface area contributed by atoms with E-state index < -0.39 is 0 Å². The highest BCUT2D eigenvalue weighted by atomic mass is 16.1. The molecule has 0 radical (unpaired) electrons. The van der Waals surface area contributed by atoms with Crippen LogP contribution in [0.25, 0.3) is 0 Å². The molecule has 5 heteroatoms. The van der Waals surface area contributed by atoms with E-state index in [2.05, 4.69) is 20.2 Å². The summed E-state index contributed by atoms with van der Waals surface area (Å²) in [5.41, 5.74) is 1.09. The van der Waals surface area contributed by atoms with Crippen molar-refractivity contribution in [2.75, 3.05) is 23.3 Å². The molecule has 1 N–H and O–H groups in total. The number of amides is 1. The van der Waals surface area contributed by atoms with Gasteiger partial charge in [0.25, 0.3) is 5.91 Å². The van der Waals surface area contributed by atoms with Gasteiger partial charge in [-0.25, -0.2) is 4.98 Å². The topological polar surface area (TPSA) is 58.1 Å². The Hall–Kier alpha value is -2.43. The predicted octanol–water partition coefficient (Wildman–Crippen LogP) is 2.72. The number of piperidine rings is 1. The molecule has 3 rings (SSSR count). The highest BCUT2D eigenvalue weighted by Gasteiger charge is 2.12. The van der Waals surface area contributed by atoms with E-state index in [4.69, 9.17) is 0 Å². The molecule has 21 heavy (non-hydrogen) atoms. The summed E-state index contributed by atoms with van der Waals surface area (Å²) < 4.78 is 0. The van der Waals surface area contributed by atoms with Crippen LogP contribution >= 0.6 is 0 Å². The van der Waals surface area contributed by atoms with Crippen LogP contribution in [0.2, 0.25) is 0 Å². The SMILES string of the molecule is O=C(Nc1ccc(N2CCCCC2)nc1)c1ccccn1. The molecular weight excluding hydrogens is 264 g/mol. The fraction of sp³-hybridized carbons (Fsp3) is 0.312. The zero-order valence-electron chi connectivity index (χ0n) is 11.8. The van der Waals surface area contributed by atoms with Gasteiger partial charge in [0, 0.05) is 19.3 Å². The van der Waals surface area contributed by atoms with Crippen molar-refractivity contribution in [2.24, 2.45) is 0 Å². The number of nitrogens with zero attached hydrogens (tertiary/aromatic N) is 3. The van der Waals surface area contributed by atoms with Crippen LogP contribution in [0.4, 0.5) is 11.5 Å². The second-order valence-electron chi connectivity index (χ2n) is 5.12. The first-order valence-corrected chi connectivity index (χ1v) is 7.26. The lowest BCUT2D eigenvalue weighted by atomic mass is 10.1. The van der Waals surface area contributed by atoms with Gasteiger partial charge in [-0.15, -0.1) is 0 Å². The van der Waals surface area contributed by atoms with Gasteiger partial charge in [-0.2, -0.15) is 0 Å². The molecule has 0 unspecified atom stereocenters. The van der Waals surface area contributed by atoms with Crippen molar-refractivity contribution in [2.45, 2.75) is 19.3 Å². The molecule has 1 saturated heterocycles. The first kappa shape index (κ1) is 13.5. The van der Waals surface area contributed by atoms with Crippen molar-refractivity contribution in [1.29, 1.82) is 0 Å². The number of rotatable bonds is 3. The number of carbonyl (C=O) groups excluding carboxylic acids is 1. The summed E-state index contributed by atoms with van der Waals surface area (Å²) >= 11 is 0. The van der Waals surface area contributed by atoms with Crippen LogP contribution in [-0.2, 0) is 0 Å². The third-order valence-corrected chi connectivity index (χ3v) is 3.58. The summed E-state index contributed by atoms with van der Waals surface area (Å²) in [5.74, 6) is 0.758. The van der Waals surface area contributed by atoms with Crippen molar-refractivity contribution in [3.63, 3.8) is 0 Å². The minimum Gasteiger partial charge on any atom is -0.357 e. The van der Waals surface area contributed by atoms with Gasteiger partial charge < -0.3 is 10.2 Å². The van der Waals surface area contributed by atoms with Crippen molar-refractivity contribution in [1.82, 2.24) is 9.97 Å². The predicted molar refractivity (Wildman–Crippen MR) is 82.5 cm³/mol. The van der Waals surface area contributed by atoms with Crippen LogP contribution < -0.4 is 10.2 Å². The van der Waals surface area contributed by atoms with Gasteiger partial charge in [0.2, 0.25) is 0 Å². The maximum atomic E-state index is 12.0. The molecule has 1 fully saturated rings. The monoisotopic (exact) mass is 282 g/mol. The zero-order valence-corrected chi connectivity index (χ0v) is 11.8. The van der Waals surface area contributed by atoms with Crippen molar-refractivity contribution in [3.05, 3.63) is 48.4 Å². The Morgan fingerprint density at radius 2 is 1.90 bits per heavy atom. The van der Waals surface area contributed by atoms with E-state index in [1.165, 1.54) is 19.3 Å². The molecule has 1 amide bonds. The number of nitrogens with one attached hydrogen (secondary N) is 1. The summed E-state index contributed by atoms with van der Waals surface area (Å²) in [5, 5.41) is 2.81. The molecule has 2 aromatic rings. The standard InChI is InChI=1S/C16H18N4O/c21-16(14-6-2-3-9-17-14)19-13-7-8-15(18-12-13)20-10-4-1-5-11-20/h2-3,6-9,12H,1,4-5,10-11H2,(H,19,21). The smallest absolute Gasteiger partial charge is 0.274 e. The van der Waals surface area contributed by atoms with Gasteiger partial charge >= 0.3 is 0 Å². The molecule has 108 valence electrons. The molecule has 0 aliphatic carbocycles. The number of hydrogen-bond donors (Lipinski definition) is 1. The van der Waals surface area contributed by atoms with Crippen LogP contribution in [0.5, 0.6) is 0 Å². The molecule has 2 aromatic heterocycles. The second-order valence-corrected chi connectivity index (χ2v) is 5.12. The summed E-state index contributed by atoms with van der Waals surface area (Å²) in [4.78, 5) is 22.7. The number of pyridine rings is 2. The molecule has 0 bridgehead atoms. The average molecular weight is 282 g/mol. The summed E-state index contributed by atoms with van der Waals surface area (Å²) in [6.45, 7) is 2.12. The van der Waals surface area contributed by atoms with E-state index >= 15 is 0 Å². The van der Waals surface area contributed by atoms with Crippen molar-refractivity contribution < 1.29 is 4.79 Å². The summed E-state index contributed by atoms with van der Waals surface area (Å²) in [6, 6.07) is 9.10. The van der Waals surface area contributed by atoms with Gasteiger partial charge in [0.15, 0.2) is 0 Å². The molecule has 1 aliphatic rings. The molecule has 1 aliphatic heterocycles. The fourth-order valence-corrected chi connectivity index (χ4v) is 2.46. The fourth-order valence-electron chi connectivity index (χ4n) is 2.46. The summed E-state index contributed by atoms with van der Waals surface area (Å²) in [7, 11) is 0. The Kier molecular flexibility index (Phi) is 4.09. The average Bonchev–Trinajstić information content (AvgIpc) is 2.57. The number of aromatic nitrogens is 2. The van der Waals surface area contributed by atoms with Crippen LogP contribution in [0, 0.1) is 0 Å². The lowest BCUT2D eigenvalue weighted by Crippen LogP contribution is -2.30. The van der Waals surface area contributed by atoms with E-state index in [1.54, 1.807) is 30.6 Å². The van der Waals surface area contributed by atoms with Crippen LogP contribution in [0.3, 0.4) is 0 Å². The van der Waals surface area contributed by atoms with Crippen LogP contribution in [-0.4, -0.2) is 29.0 Å². The number of hydrogen-bond acceptors (Lipinski definition) is 4. The highest BCUT2D eigenvalue weighted by Crippen LogP contribution is 2.19. The van der Waals surface area contributed by atoms with Gasteiger partial charge in [-0.05, 0) is 43.5 Å². The first-order valence-electron chi connectivity index (χ1n) is 7.26. The number of carbonyl (C=O) groups is 1. The van der Waals surface area contributed by atoms with E-state index in [0.717, 1.165) is 18.9 Å². The Morgan fingerprint density at radius 1 is 1.05 bits per heavy atom. The molecule has 3 heterocycles. The minimum absolute atomic E-state index is 0.219. The second kappa shape index (κ2) is 6.35. The van der Waals surface area contributed by atoms with E-state index in [1.807, 2.05) is 12.1 Å². The normalized spacial score (nSPS) is 14.8. The van der Waals surface area contributed by atoms with Crippen LogP contribution in [0.15, 0.2) is 42.7 Å². The van der Waals surface area contributed by atoms with Gasteiger partial charge in [-0.1, -0.05) is 6.07 Å². The minimum atomic E-state index is -0.219.